The van der Waals surface area contributed by atoms with Crippen LogP contribution in [0.15, 0.2) is 30.9 Å². The van der Waals surface area contributed by atoms with Gasteiger partial charge in [0.05, 0.1) is 4.92 Å². The van der Waals surface area contributed by atoms with Gasteiger partial charge in [0.1, 0.15) is 18.3 Å². The molecule has 0 spiro atoms. The minimum atomic E-state index is -0.502. The smallest absolute Gasteiger partial charge is 0.295 e. The standard InChI is InChI=1S/C17H22N6O3/c1-18-7-4-13-5-8-21(9-6-13)17(24)14-2-3-15(16(10-14)23(25)26)22-12-19-11-20-22/h2-3,10-13,18H,4-9H2,1H3. The van der Waals surface area contributed by atoms with Crippen LogP contribution in [-0.4, -0.2) is 57.2 Å². The predicted molar refractivity (Wildman–Crippen MR) is 95.2 cm³/mol. The van der Waals surface area contributed by atoms with Gasteiger partial charge in [-0.3, -0.25) is 14.9 Å². The molecule has 1 saturated heterocycles. The summed E-state index contributed by atoms with van der Waals surface area (Å²) in [6.07, 6.45) is 5.73. The molecule has 0 bridgehead atoms. The largest absolute Gasteiger partial charge is 0.339 e. The Bertz CT molecular complexity index is 769. The first-order valence-corrected chi connectivity index (χ1v) is 8.67. The van der Waals surface area contributed by atoms with Gasteiger partial charge in [-0.25, -0.2) is 9.67 Å². The Balaban J connectivity index is 1.74. The van der Waals surface area contributed by atoms with Crippen LogP contribution in [0.2, 0.25) is 0 Å². The van der Waals surface area contributed by atoms with E-state index in [2.05, 4.69) is 15.4 Å². The molecular formula is C17H22N6O3. The summed E-state index contributed by atoms with van der Waals surface area (Å²) in [5, 5.41) is 18.5. The highest BCUT2D eigenvalue weighted by Crippen LogP contribution is 2.26. The molecule has 9 heteroatoms. The number of hydrogen-bond acceptors (Lipinski definition) is 6. The Morgan fingerprint density at radius 2 is 2.15 bits per heavy atom. The van der Waals surface area contributed by atoms with Crippen molar-refractivity contribution in [2.24, 2.45) is 5.92 Å². The molecular weight excluding hydrogens is 336 g/mol. The van der Waals surface area contributed by atoms with Gasteiger partial charge in [0, 0.05) is 24.7 Å². The van der Waals surface area contributed by atoms with Gasteiger partial charge in [-0.15, -0.1) is 0 Å². The topological polar surface area (TPSA) is 106 Å². The van der Waals surface area contributed by atoms with E-state index < -0.39 is 4.92 Å². The Kier molecular flexibility index (Phi) is 5.57. The number of nitrogens with one attached hydrogen (secondary N) is 1. The third kappa shape index (κ3) is 3.88. The fraction of sp³-hybridized carbons (Fsp3) is 0.471. The van der Waals surface area contributed by atoms with Crippen LogP contribution in [0.3, 0.4) is 0 Å². The molecule has 1 aliphatic rings. The summed E-state index contributed by atoms with van der Waals surface area (Å²) < 4.78 is 1.32. The van der Waals surface area contributed by atoms with Crippen molar-refractivity contribution in [1.29, 1.82) is 0 Å². The van der Waals surface area contributed by atoms with Crippen LogP contribution in [0.1, 0.15) is 29.6 Å². The van der Waals surface area contributed by atoms with Gasteiger partial charge in [0.15, 0.2) is 0 Å². The first-order valence-electron chi connectivity index (χ1n) is 8.67. The zero-order valence-electron chi connectivity index (χ0n) is 14.7. The van der Waals surface area contributed by atoms with Gasteiger partial charge >= 0.3 is 0 Å². The number of aromatic nitrogens is 3. The number of nitro groups is 1. The van der Waals surface area contributed by atoms with E-state index in [4.69, 9.17) is 0 Å². The van der Waals surface area contributed by atoms with Crippen molar-refractivity contribution >= 4 is 11.6 Å². The maximum Gasteiger partial charge on any atom is 0.295 e. The lowest BCUT2D eigenvalue weighted by Crippen LogP contribution is -2.39. The molecule has 9 nitrogen and oxygen atoms in total. The van der Waals surface area contributed by atoms with E-state index in [1.165, 1.54) is 23.4 Å². The summed E-state index contributed by atoms with van der Waals surface area (Å²) in [7, 11) is 1.94. The third-order valence-corrected chi connectivity index (χ3v) is 4.79. The SMILES string of the molecule is CNCCC1CCN(C(=O)c2ccc(-n3cncn3)c([N+](=O)[O-])c2)CC1. The number of carbonyl (C=O) groups is 1. The van der Waals surface area contributed by atoms with Crippen molar-refractivity contribution < 1.29 is 9.72 Å². The highest BCUT2D eigenvalue weighted by molar-refractivity contribution is 5.95. The molecule has 0 radical (unpaired) electrons. The van der Waals surface area contributed by atoms with E-state index in [1.807, 2.05) is 7.05 Å². The van der Waals surface area contributed by atoms with Crippen molar-refractivity contribution in [3.05, 3.63) is 46.5 Å². The highest BCUT2D eigenvalue weighted by Gasteiger charge is 2.26. The van der Waals surface area contributed by atoms with Crippen molar-refractivity contribution in [1.82, 2.24) is 25.0 Å². The molecule has 1 aromatic carbocycles. The van der Waals surface area contributed by atoms with E-state index in [1.54, 1.807) is 17.0 Å². The number of amides is 1. The Morgan fingerprint density at radius 3 is 2.77 bits per heavy atom. The summed E-state index contributed by atoms with van der Waals surface area (Å²) >= 11 is 0. The van der Waals surface area contributed by atoms with Crippen LogP contribution in [0.25, 0.3) is 5.69 Å². The van der Waals surface area contributed by atoms with Gasteiger partial charge in [0.2, 0.25) is 0 Å². The van der Waals surface area contributed by atoms with Crippen LogP contribution >= 0.6 is 0 Å². The maximum atomic E-state index is 12.7. The second-order valence-corrected chi connectivity index (χ2v) is 6.43. The summed E-state index contributed by atoms with van der Waals surface area (Å²) in [4.78, 5) is 29.3. The van der Waals surface area contributed by atoms with Crippen LogP contribution in [0.5, 0.6) is 0 Å². The van der Waals surface area contributed by atoms with E-state index in [9.17, 15) is 14.9 Å². The number of benzene rings is 1. The van der Waals surface area contributed by atoms with Crippen LogP contribution < -0.4 is 5.32 Å². The molecule has 138 valence electrons. The van der Waals surface area contributed by atoms with Crippen LogP contribution in [0, 0.1) is 16.0 Å². The molecule has 2 aromatic rings. The van der Waals surface area contributed by atoms with Gasteiger partial charge < -0.3 is 10.2 Å². The number of nitro benzene ring substituents is 1. The molecule has 1 fully saturated rings. The minimum absolute atomic E-state index is 0.162. The van der Waals surface area contributed by atoms with E-state index in [0.29, 0.717) is 24.6 Å². The van der Waals surface area contributed by atoms with Crippen molar-refractivity contribution in [2.45, 2.75) is 19.3 Å². The van der Waals surface area contributed by atoms with Gasteiger partial charge in [-0.05, 0) is 50.9 Å². The van der Waals surface area contributed by atoms with Crippen molar-refractivity contribution in [2.75, 3.05) is 26.7 Å². The fourth-order valence-electron chi connectivity index (χ4n) is 3.28. The number of carbonyl (C=O) groups excluding carboxylic acids is 1. The minimum Gasteiger partial charge on any atom is -0.339 e. The highest BCUT2D eigenvalue weighted by atomic mass is 16.6. The van der Waals surface area contributed by atoms with Crippen LogP contribution in [-0.2, 0) is 0 Å². The van der Waals surface area contributed by atoms with Crippen LogP contribution in [0.4, 0.5) is 5.69 Å². The zero-order valence-corrected chi connectivity index (χ0v) is 14.7. The molecule has 2 heterocycles. The summed E-state index contributed by atoms with van der Waals surface area (Å²) in [5.74, 6) is 0.459. The summed E-state index contributed by atoms with van der Waals surface area (Å²) in [6, 6.07) is 4.48. The molecule has 0 unspecified atom stereocenters. The van der Waals surface area contributed by atoms with Gasteiger partial charge in [-0.1, -0.05) is 0 Å². The summed E-state index contributed by atoms with van der Waals surface area (Å²) in [5.41, 5.74) is 0.453. The first kappa shape index (κ1) is 18.0. The maximum absolute atomic E-state index is 12.7. The van der Waals surface area contributed by atoms with E-state index in [0.717, 1.165) is 25.8 Å². The summed E-state index contributed by atoms with van der Waals surface area (Å²) in [6.45, 7) is 2.35. The molecule has 1 amide bonds. The Hall–Kier alpha value is -2.81. The molecule has 3 rings (SSSR count). The zero-order chi connectivity index (χ0) is 18.5. The predicted octanol–water partition coefficient (Wildman–Crippen LogP) is 1.64. The Labute approximate surface area is 151 Å². The average molecular weight is 358 g/mol. The number of nitrogens with zero attached hydrogens (tertiary/aromatic N) is 5. The van der Waals surface area contributed by atoms with Crippen molar-refractivity contribution in [3.8, 4) is 5.69 Å². The second kappa shape index (κ2) is 8.05. The number of hydrogen-bond donors (Lipinski definition) is 1. The molecule has 0 aliphatic carbocycles. The molecule has 0 atom stereocenters. The average Bonchev–Trinajstić information content (AvgIpc) is 3.20. The number of likely N-dealkylation sites (tertiary alicyclic amines) is 1. The lowest BCUT2D eigenvalue weighted by molar-refractivity contribution is -0.384. The van der Waals surface area contributed by atoms with E-state index in [-0.39, 0.29) is 17.3 Å². The lowest BCUT2D eigenvalue weighted by atomic mass is 9.93. The first-order chi connectivity index (χ1) is 12.6. The lowest BCUT2D eigenvalue weighted by Gasteiger charge is -2.32. The molecule has 1 aliphatic heterocycles. The van der Waals surface area contributed by atoms with Crippen molar-refractivity contribution in [3.63, 3.8) is 0 Å². The molecule has 1 N–H and O–H groups in total. The molecule has 0 saturated carbocycles. The Morgan fingerprint density at radius 1 is 1.38 bits per heavy atom. The molecule has 26 heavy (non-hydrogen) atoms. The number of rotatable bonds is 6. The fourth-order valence-corrected chi connectivity index (χ4v) is 3.28. The molecule has 1 aromatic heterocycles. The quantitative estimate of drug-likeness (QED) is 0.621. The number of piperidine rings is 1. The normalized spacial score (nSPS) is 15.2. The van der Waals surface area contributed by atoms with Gasteiger partial charge in [-0.2, -0.15) is 5.10 Å². The third-order valence-electron chi connectivity index (χ3n) is 4.79. The monoisotopic (exact) mass is 358 g/mol. The van der Waals surface area contributed by atoms with E-state index >= 15 is 0 Å². The van der Waals surface area contributed by atoms with Gasteiger partial charge in [0.25, 0.3) is 11.6 Å². The second-order valence-electron chi connectivity index (χ2n) is 6.43.